The van der Waals surface area contributed by atoms with Crippen LogP contribution in [-0.2, 0) is 9.59 Å². The molecule has 0 spiro atoms. The first kappa shape index (κ1) is 17.2. The number of likely N-dealkylation sites (N-methyl/N-ethyl adjacent to an activating group) is 2. The molecule has 0 fully saturated rings. The molecule has 7 heteroatoms. The van der Waals surface area contributed by atoms with Gasteiger partial charge in [-0.1, -0.05) is 13.3 Å². The Hall–Kier alpha value is -1.79. The van der Waals surface area contributed by atoms with Crippen molar-refractivity contribution in [1.82, 2.24) is 15.1 Å². The van der Waals surface area contributed by atoms with Gasteiger partial charge in [0.2, 0.25) is 5.91 Å². The van der Waals surface area contributed by atoms with Gasteiger partial charge < -0.3 is 20.2 Å². The van der Waals surface area contributed by atoms with E-state index in [-0.39, 0.29) is 12.5 Å². The quantitative estimate of drug-likeness (QED) is 0.700. The zero-order valence-electron chi connectivity index (χ0n) is 12.0. The number of carbonyl (C=O) groups is 3. The van der Waals surface area contributed by atoms with E-state index in [4.69, 9.17) is 5.11 Å². The Morgan fingerprint density at radius 1 is 1.21 bits per heavy atom. The third-order valence-electron chi connectivity index (χ3n) is 2.67. The Morgan fingerprint density at radius 3 is 2.16 bits per heavy atom. The van der Waals surface area contributed by atoms with Crippen LogP contribution in [0.15, 0.2) is 0 Å². The Bertz CT molecular complexity index is 331. The summed E-state index contributed by atoms with van der Waals surface area (Å²) in [6.45, 7) is 3.85. The van der Waals surface area contributed by atoms with E-state index < -0.39 is 18.0 Å². The summed E-state index contributed by atoms with van der Waals surface area (Å²) in [5.74, 6) is -1.27. The molecule has 7 nitrogen and oxygen atoms in total. The second kappa shape index (κ2) is 8.34. The highest BCUT2D eigenvalue weighted by molar-refractivity contribution is 5.86. The molecule has 19 heavy (non-hydrogen) atoms. The van der Waals surface area contributed by atoms with E-state index in [9.17, 15) is 14.4 Å². The average molecular weight is 273 g/mol. The van der Waals surface area contributed by atoms with Gasteiger partial charge in [-0.05, 0) is 13.3 Å². The van der Waals surface area contributed by atoms with Gasteiger partial charge in [-0.2, -0.15) is 0 Å². The second-order valence-corrected chi connectivity index (χ2v) is 4.43. The molecule has 0 rings (SSSR count). The zero-order valence-corrected chi connectivity index (χ0v) is 12.0. The van der Waals surface area contributed by atoms with E-state index in [1.807, 2.05) is 6.92 Å². The summed E-state index contributed by atoms with van der Waals surface area (Å²) in [5, 5.41) is 11.4. The summed E-state index contributed by atoms with van der Waals surface area (Å²) in [7, 11) is 3.20. The summed E-state index contributed by atoms with van der Waals surface area (Å²) >= 11 is 0. The molecule has 0 aromatic carbocycles. The van der Waals surface area contributed by atoms with Gasteiger partial charge in [0.05, 0.1) is 0 Å². The first-order valence-corrected chi connectivity index (χ1v) is 6.31. The van der Waals surface area contributed by atoms with Gasteiger partial charge in [-0.15, -0.1) is 0 Å². The van der Waals surface area contributed by atoms with Crippen LogP contribution in [0.4, 0.5) is 4.79 Å². The van der Waals surface area contributed by atoms with E-state index in [0.29, 0.717) is 19.4 Å². The Labute approximate surface area is 113 Å². The smallest absolute Gasteiger partial charge is 0.326 e. The number of carboxylic acid groups (broad SMARTS) is 1. The van der Waals surface area contributed by atoms with Crippen molar-refractivity contribution in [2.75, 3.05) is 27.2 Å². The average Bonchev–Trinajstić information content (AvgIpc) is 2.34. The highest BCUT2D eigenvalue weighted by atomic mass is 16.4. The fraction of sp³-hybridized carbons (Fsp3) is 0.750. The van der Waals surface area contributed by atoms with Crippen LogP contribution >= 0.6 is 0 Å². The number of aliphatic carboxylic acids is 1. The molecule has 0 radical (unpaired) electrons. The minimum atomic E-state index is -1.06. The second-order valence-electron chi connectivity index (χ2n) is 4.43. The monoisotopic (exact) mass is 273 g/mol. The van der Waals surface area contributed by atoms with Crippen LogP contribution < -0.4 is 5.32 Å². The van der Waals surface area contributed by atoms with Crippen molar-refractivity contribution in [3.63, 3.8) is 0 Å². The van der Waals surface area contributed by atoms with E-state index >= 15 is 0 Å². The predicted molar refractivity (Wildman–Crippen MR) is 70.8 cm³/mol. The van der Waals surface area contributed by atoms with Gasteiger partial charge in [-0.25, -0.2) is 9.59 Å². The van der Waals surface area contributed by atoms with E-state index in [2.05, 4.69) is 5.32 Å². The van der Waals surface area contributed by atoms with Crippen molar-refractivity contribution in [3.8, 4) is 0 Å². The van der Waals surface area contributed by atoms with E-state index in [1.165, 1.54) is 9.80 Å². The molecule has 0 unspecified atom stereocenters. The fourth-order valence-electron chi connectivity index (χ4n) is 1.42. The molecule has 3 amide bonds. The molecule has 110 valence electrons. The standard InChI is InChI=1S/C12H23N3O4/c1-5-7-9(11(17)18)13-12(19)15(6-2)8-10(16)14(3)4/h9H,5-8H2,1-4H3,(H,13,19)(H,17,18)/t9-/m1/s1. The van der Waals surface area contributed by atoms with Crippen molar-refractivity contribution >= 4 is 17.9 Å². The number of carbonyl (C=O) groups excluding carboxylic acids is 2. The Balaban J connectivity index is 4.57. The number of amides is 3. The number of rotatable bonds is 7. The molecule has 0 aromatic rings. The molecule has 1 atom stereocenters. The maximum absolute atomic E-state index is 11.9. The third kappa shape index (κ3) is 6.08. The van der Waals surface area contributed by atoms with Crippen molar-refractivity contribution in [1.29, 1.82) is 0 Å². The van der Waals surface area contributed by atoms with Crippen molar-refractivity contribution in [2.45, 2.75) is 32.7 Å². The maximum Gasteiger partial charge on any atom is 0.326 e. The van der Waals surface area contributed by atoms with Crippen molar-refractivity contribution < 1.29 is 19.5 Å². The highest BCUT2D eigenvalue weighted by Crippen LogP contribution is 1.99. The molecular weight excluding hydrogens is 250 g/mol. The SMILES string of the molecule is CCC[C@@H](NC(=O)N(CC)CC(=O)N(C)C)C(=O)O. The summed E-state index contributed by atoms with van der Waals surface area (Å²) in [6.07, 6.45) is 1.01. The molecule has 0 bridgehead atoms. The van der Waals surface area contributed by atoms with Crippen LogP contribution in [0.2, 0.25) is 0 Å². The predicted octanol–water partition coefficient (Wildman–Crippen LogP) is 0.359. The molecule has 2 N–H and O–H groups in total. The van der Waals surface area contributed by atoms with Gasteiger partial charge in [0, 0.05) is 20.6 Å². The molecule has 0 aliphatic carbocycles. The molecule has 0 heterocycles. The van der Waals surface area contributed by atoms with Gasteiger partial charge in [0.25, 0.3) is 0 Å². The molecule has 0 aliphatic heterocycles. The molecule has 0 saturated carbocycles. The summed E-state index contributed by atoms with van der Waals surface area (Å²) in [5.41, 5.74) is 0. The van der Waals surface area contributed by atoms with Crippen molar-refractivity contribution in [3.05, 3.63) is 0 Å². The first-order chi connectivity index (χ1) is 8.83. The normalized spacial score (nSPS) is 11.6. The van der Waals surface area contributed by atoms with Crippen LogP contribution in [0.25, 0.3) is 0 Å². The van der Waals surface area contributed by atoms with Crippen LogP contribution in [0.1, 0.15) is 26.7 Å². The number of hydrogen-bond donors (Lipinski definition) is 2. The number of nitrogens with zero attached hydrogens (tertiary/aromatic N) is 2. The highest BCUT2D eigenvalue weighted by Gasteiger charge is 2.23. The Kier molecular flexibility index (Phi) is 7.55. The van der Waals surface area contributed by atoms with Gasteiger partial charge in [0.1, 0.15) is 12.6 Å². The maximum atomic E-state index is 11.9. The Morgan fingerprint density at radius 2 is 1.79 bits per heavy atom. The number of carboxylic acids is 1. The lowest BCUT2D eigenvalue weighted by Gasteiger charge is -2.24. The van der Waals surface area contributed by atoms with Crippen LogP contribution in [0, 0.1) is 0 Å². The number of hydrogen-bond acceptors (Lipinski definition) is 3. The molecule has 0 saturated heterocycles. The first-order valence-electron chi connectivity index (χ1n) is 6.31. The molecular formula is C12H23N3O4. The third-order valence-corrected chi connectivity index (χ3v) is 2.67. The van der Waals surface area contributed by atoms with E-state index in [1.54, 1.807) is 21.0 Å². The lowest BCUT2D eigenvalue weighted by Crippen LogP contribution is -2.50. The summed E-state index contributed by atoms with van der Waals surface area (Å²) in [6, 6.07) is -1.44. The molecule has 0 aliphatic rings. The van der Waals surface area contributed by atoms with Gasteiger partial charge in [0.15, 0.2) is 0 Å². The van der Waals surface area contributed by atoms with Crippen molar-refractivity contribution in [2.24, 2.45) is 0 Å². The van der Waals surface area contributed by atoms with E-state index in [0.717, 1.165) is 0 Å². The zero-order chi connectivity index (χ0) is 15.0. The lowest BCUT2D eigenvalue weighted by atomic mass is 10.2. The minimum absolute atomic E-state index is 0.0617. The van der Waals surface area contributed by atoms with Crippen LogP contribution in [-0.4, -0.2) is 66.0 Å². The number of urea groups is 1. The van der Waals surface area contributed by atoms with Crippen LogP contribution in [0.3, 0.4) is 0 Å². The van der Waals surface area contributed by atoms with Crippen LogP contribution in [0.5, 0.6) is 0 Å². The largest absolute Gasteiger partial charge is 0.480 e. The fourth-order valence-corrected chi connectivity index (χ4v) is 1.42. The minimum Gasteiger partial charge on any atom is -0.480 e. The summed E-state index contributed by atoms with van der Waals surface area (Å²) in [4.78, 5) is 37.1. The van der Waals surface area contributed by atoms with Gasteiger partial charge in [-0.3, -0.25) is 4.79 Å². The lowest BCUT2D eigenvalue weighted by molar-refractivity contribution is -0.139. The number of nitrogens with one attached hydrogen (secondary N) is 1. The summed E-state index contributed by atoms with van der Waals surface area (Å²) < 4.78 is 0. The topological polar surface area (TPSA) is 90.0 Å². The van der Waals surface area contributed by atoms with Gasteiger partial charge >= 0.3 is 12.0 Å². The molecule has 0 aromatic heterocycles.